The highest BCUT2D eigenvalue weighted by Crippen LogP contribution is 2.40. The summed E-state index contributed by atoms with van der Waals surface area (Å²) >= 11 is 6.30. The molecule has 1 aliphatic heterocycles. The molecule has 0 atom stereocenters. The maximum atomic E-state index is 11.9. The van der Waals surface area contributed by atoms with E-state index in [4.69, 9.17) is 12.2 Å². The topological polar surface area (TPSA) is 49.3 Å². The van der Waals surface area contributed by atoms with Crippen molar-refractivity contribution < 1.29 is 9.90 Å². The fraction of sp³-hybridized carbons (Fsp3) is 0.444. The van der Waals surface area contributed by atoms with E-state index >= 15 is 0 Å². The normalized spacial score (nSPS) is 17.7. The summed E-state index contributed by atoms with van der Waals surface area (Å²) in [6.45, 7) is 12.4. The first-order valence-electron chi connectivity index (χ1n) is 7.52. The number of phenolic OH excluding ortho intramolecular Hbond substituents is 1. The van der Waals surface area contributed by atoms with E-state index in [1.54, 1.807) is 0 Å². The summed E-state index contributed by atoms with van der Waals surface area (Å²) in [5.74, 6) is 0.175. The number of phenols is 1. The Morgan fingerprint density at radius 1 is 1.09 bits per heavy atom. The first-order chi connectivity index (χ1) is 10.4. The van der Waals surface area contributed by atoms with Crippen molar-refractivity contribution in [1.29, 1.82) is 0 Å². The average Bonchev–Trinajstić information content (AvgIpc) is 2.67. The summed E-state index contributed by atoms with van der Waals surface area (Å²) < 4.78 is 0.479. The van der Waals surface area contributed by atoms with Gasteiger partial charge in [0.15, 0.2) is 0 Å². The van der Waals surface area contributed by atoms with Crippen LogP contribution in [0, 0.1) is 0 Å². The van der Waals surface area contributed by atoms with Gasteiger partial charge in [-0.15, -0.1) is 0 Å². The molecule has 23 heavy (non-hydrogen) atoms. The third-order valence-corrected chi connectivity index (χ3v) is 4.85. The average molecular weight is 350 g/mol. The molecule has 1 aromatic carbocycles. The van der Waals surface area contributed by atoms with Crippen LogP contribution in [0.3, 0.4) is 0 Å². The molecule has 2 N–H and O–H groups in total. The van der Waals surface area contributed by atoms with Gasteiger partial charge in [0.25, 0.3) is 5.91 Å². The molecule has 0 spiro atoms. The van der Waals surface area contributed by atoms with Gasteiger partial charge in [-0.05, 0) is 34.6 Å². The van der Waals surface area contributed by atoms with E-state index in [1.807, 2.05) is 18.2 Å². The minimum absolute atomic E-state index is 0.164. The molecular weight excluding hydrogens is 326 g/mol. The zero-order chi connectivity index (χ0) is 17.6. The predicted molar refractivity (Wildman–Crippen MR) is 102 cm³/mol. The van der Waals surface area contributed by atoms with E-state index in [1.165, 1.54) is 11.8 Å². The van der Waals surface area contributed by atoms with Gasteiger partial charge < -0.3 is 10.4 Å². The number of rotatable bonds is 1. The number of thioether (sulfide) groups is 1. The molecule has 0 radical (unpaired) electrons. The van der Waals surface area contributed by atoms with Crippen molar-refractivity contribution in [2.75, 3.05) is 0 Å². The van der Waals surface area contributed by atoms with E-state index in [0.29, 0.717) is 15.0 Å². The Morgan fingerprint density at radius 2 is 1.57 bits per heavy atom. The fourth-order valence-electron chi connectivity index (χ4n) is 2.46. The number of aromatic hydroxyl groups is 1. The SMILES string of the molecule is CC(C)(C)c1cc(/C=C2/SC(=S)NC2=O)cc(C(C)(C)C)c1O. The van der Waals surface area contributed by atoms with Crippen LogP contribution in [0.4, 0.5) is 0 Å². The lowest BCUT2D eigenvalue weighted by Crippen LogP contribution is -2.18. The van der Waals surface area contributed by atoms with E-state index in [9.17, 15) is 9.90 Å². The van der Waals surface area contributed by atoms with Crippen molar-refractivity contribution >= 4 is 40.3 Å². The lowest BCUT2D eigenvalue weighted by Gasteiger charge is -2.28. The molecule has 1 aliphatic rings. The van der Waals surface area contributed by atoms with Crippen molar-refractivity contribution in [3.63, 3.8) is 0 Å². The third kappa shape index (κ3) is 3.96. The van der Waals surface area contributed by atoms with Gasteiger partial charge in [0.2, 0.25) is 0 Å². The van der Waals surface area contributed by atoms with Gasteiger partial charge in [-0.25, -0.2) is 0 Å². The third-order valence-electron chi connectivity index (χ3n) is 3.69. The molecule has 1 saturated heterocycles. The Kier molecular flexibility index (Phi) is 4.66. The zero-order valence-corrected chi connectivity index (χ0v) is 16.0. The summed E-state index contributed by atoms with van der Waals surface area (Å²) in [5, 5.41) is 13.3. The lowest BCUT2D eigenvalue weighted by molar-refractivity contribution is -0.115. The molecular formula is C18H23NO2S2. The quantitative estimate of drug-likeness (QED) is 0.580. The largest absolute Gasteiger partial charge is 0.507 e. The summed E-state index contributed by atoms with van der Waals surface area (Å²) in [6, 6.07) is 3.90. The van der Waals surface area contributed by atoms with Gasteiger partial charge in [0.1, 0.15) is 10.1 Å². The van der Waals surface area contributed by atoms with Crippen LogP contribution in [0.2, 0.25) is 0 Å². The summed E-state index contributed by atoms with van der Waals surface area (Å²) in [5.41, 5.74) is 2.27. The van der Waals surface area contributed by atoms with Gasteiger partial charge in [-0.1, -0.05) is 65.5 Å². The van der Waals surface area contributed by atoms with Gasteiger partial charge in [0, 0.05) is 11.1 Å². The number of carbonyl (C=O) groups is 1. The second-order valence-electron chi connectivity index (χ2n) is 7.82. The zero-order valence-electron chi connectivity index (χ0n) is 14.4. The first-order valence-corrected chi connectivity index (χ1v) is 8.75. The predicted octanol–water partition coefficient (Wildman–Crippen LogP) is 4.48. The Bertz CT molecular complexity index is 672. The molecule has 124 valence electrons. The van der Waals surface area contributed by atoms with E-state index in [-0.39, 0.29) is 16.7 Å². The van der Waals surface area contributed by atoms with Crippen molar-refractivity contribution in [2.24, 2.45) is 0 Å². The number of hydrogen-bond donors (Lipinski definition) is 2. The molecule has 3 nitrogen and oxygen atoms in total. The van der Waals surface area contributed by atoms with Crippen molar-refractivity contribution in [2.45, 2.75) is 52.4 Å². The Balaban J connectivity index is 2.64. The highest BCUT2D eigenvalue weighted by molar-refractivity contribution is 8.26. The monoisotopic (exact) mass is 349 g/mol. The Morgan fingerprint density at radius 3 is 1.91 bits per heavy atom. The highest BCUT2D eigenvalue weighted by Gasteiger charge is 2.27. The molecule has 2 rings (SSSR count). The molecule has 1 heterocycles. The second kappa shape index (κ2) is 5.95. The molecule has 1 fully saturated rings. The number of carbonyl (C=O) groups excluding carboxylic acids is 1. The van der Waals surface area contributed by atoms with Crippen LogP contribution in [0.1, 0.15) is 58.2 Å². The number of nitrogens with one attached hydrogen (secondary N) is 1. The van der Waals surface area contributed by atoms with Crippen molar-refractivity contribution in [3.8, 4) is 5.75 Å². The molecule has 0 saturated carbocycles. The number of amides is 1. The van der Waals surface area contributed by atoms with E-state index < -0.39 is 0 Å². The van der Waals surface area contributed by atoms with E-state index in [2.05, 4.69) is 46.9 Å². The smallest absolute Gasteiger partial charge is 0.263 e. The number of hydrogen-bond acceptors (Lipinski definition) is 4. The molecule has 1 amide bonds. The van der Waals surface area contributed by atoms with Crippen LogP contribution in [0.25, 0.3) is 6.08 Å². The van der Waals surface area contributed by atoms with Crippen LogP contribution in [-0.4, -0.2) is 15.3 Å². The summed E-state index contributed by atoms with van der Waals surface area (Å²) in [6.07, 6.45) is 1.84. The first kappa shape index (κ1) is 18.0. The van der Waals surface area contributed by atoms with Crippen LogP contribution in [0.15, 0.2) is 17.0 Å². The number of benzene rings is 1. The van der Waals surface area contributed by atoms with Gasteiger partial charge in [-0.2, -0.15) is 0 Å². The standard InChI is InChI=1S/C18H23NO2S2/c1-17(2,3)11-7-10(8-12(14(11)20)18(4,5)6)9-13-15(21)19-16(22)23-13/h7-9,20H,1-6H3,(H,19,21,22)/b13-9+. The Labute approximate surface area is 147 Å². The van der Waals surface area contributed by atoms with Crippen LogP contribution in [0.5, 0.6) is 5.75 Å². The van der Waals surface area contributed by atoms with Crippen molar-refractivity contribution in [1.82, 2.24) is 5.32 Å². The highest BCUT2D eigenvalue weighted by atomic mass is 32.2. The van der Waals surface area contributed by atoms with Crippen molar-refractivity contribution in [3.05, 3.63) is 33.7 Å². The minimum Gasteiger partial charge on any atom is -0.507 e. The van der Waals surface area contributed by atoms with Gasteiger partial charge >= 0.3 is 0 Å². The van der Waals surface area contributed by atoms with E-state index in [0.717, 1.165) is 16.7 Å². The fourth-order valence-corrected chi connectivity index (χ4v) is 3.50. The summed E-state index contributed by atoms with van der Waals surface area (Å²) in [4.78, 5) is 12.5. The molecule has 0 unspecified atom stereocenters. The number of thiocarbonyl (C=S) groups is 1. The lowest BCUT2D eigenvalue weighted by atomic mass is 9.78. The Hall–Kier alpha value is -1.33. The second-order valence-corrected chi connectivity index (χ2v) is 9.54. The maximum Gasteiger partial charge on any atom is 0.263 e. The molecule has 5 heteroatoms. The summed E-state index contributed by atoms with van der Waals surface area (Å²) in [7, 11) is 0. The van der Waals surface area contributed by atoms with Crippen LogP contribution < -0.4 is 5.32 Å². The molecule has 0 aromatic heterocycles. The molecule has 0 aliphatic carbocycles. The van der Waals surface area contributed by atoms with Gasteiger partial charge in [0.05, 0.1) is 4.91 Å². The molecule has 1 aromatic rings. The van der Waals surface area contributed by atoms with Crippen LogP contribution >= 0.6 is 24.0 Å². The maximum absolute atomic E-state index is 11.9. The minimum atomic E-state index is -0.195. The van der Waals surface area contributed by atoms with Crippen LogP contribution in [-0.2, 0) is 15.6 Å². The molecule has 0 bridgehead atoms. The van der Waals surface area contributed by atoms with Gasteiger partial charge in [-0.3, -0.25) is 4.79 Å².